The Kier molecular flexibility index (Phi) is 5.80. The van der Waals surface area contributed by atoms with Gasteiger partial charge in [0.2, 0.25) is 0 Å². The van der Waals surface area contributed by atoms with Crippen molar-refractivity contribution in [3.8, 4) is 0 Å². The number of carbonyl (C=O) groups excluding carboxylic acids is 1. The number of fused-ring (bicyclic) bond motifs is 1. The molecule has 0 aromatic carbocycles. The number of ether oxygens (including phenoxy) is 1. The molecule has 2 aromatic rings. The standard InChI is InChI=1S/C22H34N4O2/c1-14(2)13-25(10-11-28-7)21(27)17-12-18(16-8-9-16)23-20-19(17)15(3)24-26(20)22(4,5)6/h12,14,16H,8-11,13H2,1-7H3. The Hall–Kier alpha value is -1.95. The predicted molar refractivity (Wildman–Crippen MR) is 112 cm³/mol. The number of amides is 1. The highest BCUT2D eigenvalue weighted by molar-refractivity contribution is 6.06. The molecule has 0 unspecified atom stereocenters. The number of pyridine rings is 1. The lowest BCUT2D eigenvalue weighted by atomic mass is 10.0. The van der Waals surface area contributed by atoms with Crippen molar-refractivity contribution < 1.29 is 9.53 Å². The highest BCUT2D eigenvalue weighted by Crippen LogP contribution is 2.41. The van der Waals surface area contributed by atoms with E-state index >= 15 is 0 Å². The van der Waals surface area contributed by atoms with Crippen LogP contribution in [0, 0.1) is 12.8 Å². The van der Waals surface area contributed by atoms with Crippen LogP contribution in [0.5, 0.6) is 0 Å². The summed E-state index contributed by atoms with van der Waals surface area (Å²) in [6.45, 7) is 14.4. The molecule has 1 saturated carbocycles. The number of methoxy groups -OCH3 is 1. The van der Waals surface area contributed by atoms with E-state index in [0.29, 0.717) is 31.5 Å². The summed E-state index contributed by atoms with van der Waals surface area (Å²) in [4.78, 5) is 20.5. The fraction of sp³-hybridized carbons (Fsp3) is 0.682. The average Bonchev–Trinajstić information content (AvgIpc) is 3.40. The first-order valence-corrected chi connectivity index (χ1v) is 10.3. The fourth-order valence-corrected chi connectivity index (χ4v) is 3.62. The minimum Gasteiger partial charge on any atom is -0.383 e. The summed E-state index contributed by atoms with van der Waals surface area (Å²) in [5.41, 5.74) is 3.25. The summed E-state index contributed by atoms with van der Waals surface area (Å²) in [7, 11) is 1.67. The normalized spacial score (nSPS) is 14.9. The van der Waals surface area contributed by atoms with E-state index in [4.69, 9.17) is 14.8 Å². The van der Waals surface area contributed by atoms with Crippen molar-refractivity contribution in [2.75, 3.05) is 26.8 Å². The number of aromatic nitrogens is 3. The minimum absolute atomic E-state index is 0.0524. The van der Waals surface area contributed by atoms with E-state index in [-0.39, 0.29) is 11.4 Å². The van der Waals surface area contributed by atoms with Crippen LogP contribution in [0.2, 0.25) is 0 Å². The zero-order valence-corrected chi connectivity index (χ0v) is 18.4. The van der Waals surface area contributed by atoms with Gasteiger partial charge >= 0.3 is 0 Å². The van der Waals surface area contributed by atoms with E-state index in [1.165, 1.54) is 0 Å². The van der Waals surface area contributed by atoms with Gasteiger partial charge in [0.25, 0.3) is 5.91 Å². The third-order valence-corrected chi connectivity index (χ3v) is 5.13. The number of carbonyl (C=O) groups is 1. The summed E-state index contributed by atoms with van der Waals surface area (Å²) in [5, 5.41) is 5.65. The van der Waals surface area contributed by atoms with Gasteiger partial charge < -0.3 is 9.64 Å². The second-order valence-corrected chi connectivity index (χ2v) is 9.37. The van der Waals surface area contributed by atoms with Crippen LogP contribution >= 0.6 is 0 Å². The van der Waals surface area contributed by atoms with Crippen molar-refractivity contribution in [3.05, 3.63) is 23.0 Å². The van der Waals surface area contributed by atoms with Crippen molar-refractivity contribution >= 4 is 16.9 Å². The lowest BCUT2D eigenvalue weighted by Crippen LogP contribution is -2.37. The highest BCUT2D eigenvalue weighted by atomic mass is 16.5. The average molecular weight is 387 g/mol. The molecule has 3 rings (SSSR count). The van der Waals surface area contributed by atoms with Gasteiger partial charge in [-0.15, -0.1) is 0 Å². The maximum atomic E-state index is 13.6. The Bertz CT molecular complexity index is 860. The maximum absolute atomic E-state index is 13.6. The Morgan fingerprint density at radius 1 is 1.36 bits per heavy atom. The van der Waals surface area contributed by atoms with Gasteiger partial charge in [-0.1, -0.05) is 13.8 Å². The molecule has 2 aromatic heterocycles. The van der Waals surface area contributed by atoms with Gasteiger partial charge in [0, 0.05) is 31.8 Å². The van der Waals surface area contributed by atoms with E-state index < -0.39 is 0 Å². The fourth-order valence-electron chi connectivity index (χ4n) is 3.62. The van der Waals surface area contributed by atoms with Gasteiger partial charge in [0.1, 0.15) is 0 Å². The SMILES string of the molecule is COCCN(CC(C)C)C(=O)c1cc(C2CC2)nc2c1c(C)nn2C(C)(C)C. The van der Waals surface area contributed by atoms with E-state index in [1.54, 1.807) is 7.11 Å². The van der Waals surface area contributed by atoms with Gasteiger partial charge in [-0.25, -0.2) is 9.67 Å². The summed E-state index contributed by atoms with van der Waals surface area (Å²) in [6, 6.07) is 2.02. The second-order valence-electron chi connectivity index (χ2n) is 9.37. The van der Waals surface area contributed by atoms with Crippen LogP contribution in [0.4, 0.5) is 0 Å². The summed E-state index contributed by atoms with van der Waals surface area (Å²) in [5.74, 6) is 0.910. The van der Waals surface area contributed by atoms with Crippen molar-refractivity contribution in [1.82, 2.24) is 19.7 Å². The molecule has 1 fully saturated rings. The van der Waals surface area contributed by atoms with Gasteiger partial charge in [-0.3, -0.25) is 4.79 Å². The molecule has 0 spiro atoms. The zero-order valence-electron chi connectivity index (χ0n) is 18.4. The predicted octanol–water partition coefficient (Wildman–Crippen LogP) is 4.12. The number of aryl methyl sites for hydroxylation is 1. The number of nitrogens with zero attached hydrogens (tertiary/aromatic N) is 4. The molecule has 154 valence electrons. The highest BCUT2D eigenvalue weighted by Gasteiger charge is 2.31. The van der Waals surface area contributed by atoms with Crippen LogP contribution < -0.4 is 0 Å². The van der Waals surface area contributed by atoms with Crippen molar-refractivity contribution in [2.24, 2.45) is 5.92 Å². The zero-order chi connectivity index (χ0) is 20.6. The molecular weight excluding hydrogens is 352 g/mol. The molecule has 0 saturated heterocycles. The lowest BCUT2D eigenvalue weighted by molar-refractivity contribution is 0.0674. The molecule has 6 nitrogen and oxygen atoms in total. The van der Waals surface area contributed by atoms with Crippen LogP contribution in [-0.4, -0.2) is 52.4 Å². The summed E-state index contributed by atoms with van der Waals surface area (Å²) >= 11 is 0. The van der Waals surface area contributed by atoms with E-state index in [9.17, 15) is 4.79 Å². The number of hydrogen-bond donors (Lipinski definition) is 0. The van der Waals surface area contributed by atoms with Crippen molar-refractivity contribution in [3.63, 3.8) is 0 Å². The molecule has 6 heteroatoms. The molecule has 1 aliphatic rings. The third-order valence-electron chi connectivity index (χ3n) is 5.13. The quantitative estimate of drug-likeness (QED) is 0.718. The molecule has 1 amide bonds. The molecule has 0 N–H and O–H groups in total. The lowest BCUT2D eigenvalue weighted by Gasteiger charge is -2.25. The molecular formula is C22H34N4O2. The minimum atomic E-state index is -0.199. The van der Waals surface area contributed by atoms with Crippen LogP contribution in [0.15, 0.2) is 6.07 Å². The van der Waals surface area contributed by atoms with E-state index in [1.807, 2.05) is 22.6 Å². The first-order chi connectivity index (χ1) is 13.1. The molecule has 1 aliphatic carbocycles. The molecule has 0 bridgehead atoms. The van der Waals surface area contributed by atoms with Gasteiger partial charge in [-0.2, -0.15) is 5.10 Å². The van der Waals surface area contributed by atoms with Crippen LogP contribution in [0.25, 0.3) is 11.0 Å². The monoisotopic (exact) mass is 386 g/mol. The summed E-state index contributed by atoms with van der Waals surface area (Å²) < 4.78 is 7.22. The largest absolute Gasteiger partial charge is 0.383 e. The summed E-state index contributed by atoms with van der Waals surface area (Å²) in [6.07, 6.45) is 2.29. The molecule has 0 aliphatic heterocycles. The molecule has 0 atom stereocenters. The Balaban J connectivity index is 2.15. The van der Waals surface area contributed by atoms with Gasteiger partial charge in [0.15, 0.2) is 5.65 Å². The Labute approximate surface area is 168 Å². The maximum Gasteiger partial charge on any atom is 0.254 e. The number of hydrogen-bond acceptors (Lipinski definition) is 4. The second kappa shape index (κ2) is 7.82. The van der Waals surface area contributed by atoms with Crippen molar-refractivity contribution in [1.29, 1.82) is 0 Å². The van der Waals surface area contributed by atoms with Crippen LogP contribution in [-0.2, 0) is 10.3 Å². The van der Waals surface area contributed by atoms with Gasteiger partial charge in [-0.05, 0) is 52.5 Å². The van der Waals surface area contributed by atoms with E-state index in [2.05, 4.69) is 34.6 Å². The first kappa shape index (κ1) is 20.8. The van der Waals surface area contributed by atoms with Crippen molar-refractivity contribution in [2.45, 2.75) is 65.8 Å². The van der Waals surface area contributed by atoms with Gasteiger partial charge in [0.05, 0.1) is 28.8 Å². The first-order valence-electron chi connectivity index (χ1n) is 10.3. The van der Waals surface area contributed by atoms with Crippen LogP contribution in [0.1, 0.15) is 75.1 Å². The molecule has 2 heterocycles. The Morgan fingerprint density at radius 3 is 2.57 bits per heavy atom. The molecule has 28 heavy (non-hydrogen) atoms. The van der Waals surface area contributed by atoms with E-state index in [0.717, 1.165) is 40.8 Å². The van der Waals surface area contributed by atoms with Crippen LogP contribution in [0.3, 0.4) is 0 Å². The topological polar surface area (TPSA) is 60.2 Å². The smallest absolute Gasteiger partial charge is 0.254 e. The Morgan fingerprint density at radius 2 is 2.04 bits per heavy atom. The molecule has 0 radical (unpaired) electrons. The third kappa shape index (κ3) is 4.22. The number of rotatable bonds is 7.